The maximum absolute atomic E-state index is 5.33. The van der Waals surface area contributed by atoms with E-state index < -0.39 is 0 Å². The van der Waals surface area contributed by atoms with Gasteiger partial charge in [0, 0.05) is 25.8 Å². The van der Waals surface area contributed by atoms with Gasteiger partial charge in [-0.25, -0.2) is 0 Å². The molecule has 0 aliphatic heterocycles. The minimum atomic E-state index is 0.867. The van der Waals surface area contributed by atoms with Gasteiger partial charge >= 0.3 is 0 Å². The predicted octanol–water partition coefficient (Wildman–Crippen LogP) is 3.04. The summed E-state index contributed by atoms with van der Waals surface area (Å²) in [6, 6.07) is 14.4. The molecule has 0 fully saturated rings. The summed E-state index contributed by atoms with van der Waals surface area (Å²) in [6.45, 7) is 3.91. The number of hydrogen-bond donors (Lipinski definition) is 0. The van der Waals surface area contributed by atoms with E-state index in [9.17, 15) is 0 Å². The molecule has 0 spiro atoms. The fourth-order valence-electron chi connectivity index (χ4n) is 2.57. The summed E-state index contributed by atoms with van der Waals surface area (Å²) >= 11 is 0. The molecule has 0 bridgehead atoms. The fourth-order valence-corrected chi connectivity index (χ4v) is 2.57. The standard InChI is InChI=1S/C19H27N3O/c1-21(2)12-7-13-22(16-18-9-4-5-11-20-18)15-17-8-6-10-19(14-17)23-3/h4-6,8-11,14H,7,12-13,15-16H2,1-3H3. The summed E-state index contributed by atoms with van der Waals surface area (Å²) in [5.74, 6) is 0.911. The third kappa shape index (κ3) is 6.38. The largest absolute Gasteiger partial charge is 0.497 e. The summed E-state index contributed by atoms with van der Waals surface area (Å²) in [5, 5.41) is 0. The van der Waals surface area contributed by atoms with Crippen molar-refractivity contribution in [2.24, 2.45) is 0 Å². The lowest BCUT2D eigenvalue weighted by Gasteiger charge is -2.23. The molecule has 0 N–H and O–H groups in total. The lowest BCUT2D eigenvalue weighted by atomic mass is 10.2. The molecule has 0 aliphatic carbocycles. The van der Waals surface area contributed by atoms with Crippen LogP contribution < -0.4 is 4.74 Å². The van der Waals surface area contributed by atoms with Crippen LogP contribution in [0.2, 0.25) is 0 Å². The van der Waals surface area contributed by atoms with Crippen molar-refractivity contribution in [3.63, 3.8) is 0 Å². The van der Waals surface area contributed by atoms with Crippen LogP contribution in [0, 0.1) is 0 Å². The van der Waals surface area contributed by atoms with Crippen molar-refractivity contribution in [1.29, 1.82) is 0 Å². The van der Waals surface area contributed by atoms with Crippen LogP contribution in [-0.2, 0) is 13.1 Å². The normalized spacial score (nSPS) is 11.2. The first-order valence-electron chi connectivity index (χ1n) is 8.07. The third-order valence-corrected chi connectivity index (χ3v) is 3.73. The number of rotatable bonds is 9. The van der Waals surface area contributed by atoms with Gasteiger partial charge in [0.15, 0.2) is 0 Å². The number of hydrogen-bond acceptors (Lipinski definition) is 4. The molecule has 2 aromatic rings. The van der Waals surface area contributed by atoms with Crippen molar-refractivity contribution < 1.29 is 4.74 Å². The molecule has 1 aromatic heterocycles. The average Bonchev–Trinajstić information content (AvgIpc) is 2.55. The van der Waals surface area contributed by atoms with Crippen LogP contribution in [0.4, 0.5) is 0 Å². The molecule has 0 unspecified atom stereocenters. The highest BCUT2D eigenvalue weighted by atomic mass is 16.5. The van der Waals surface area contributed by atoms with Gasteiger partial charge in [-0.1, -0.05) is 18.2 Å². The zero-order valence-corrected chi connectivity index (χ0v) is 14.4. The Bertz CT molecular complexity index is 572. The number of nitrogens with zero attached hydrogens (tertiary/aromatic N) is 3. The summed E-state index contributed by atoms with van der Waals surface area (Å²) in [7, 11) is 5.94. The monoisotopic (exact) mass is 313 g/mol. The molecule has 4 heteroatoms. The average molecular weight is 313 g/mol. The van der Waals surface area contributed by atoms with Crippen molar-refractivity contribution in [2.45, 2.75) is 19.5 Å². The van der Waals surface area contributed by atoms with Crippen molar-refractivity contribution in [3.05, 3.63) is 59.9 Å². The van der Waals surface area contributed by atoms with Crippen LogP contribution in [0.15, 0.2) is 48.7 Å². The highest BCUT2D eigenvalue weighted by molar-refractivity contribution is 5.28. The first-order chi connectivity index (χ1) is 11.2. The second-order valence-electron chi connectivity index (χ2n) is 6.04. The number of methoxy groups -OCH3 is 1. The maximum Gasteiger partial charge on any atom is 0.119 e. The first-order valence-corrected chi connectivity index (χ1v) is 8.07. The minimum Gasteiger partial charge on any atom is -0.497 e. The Morgan fingerprint density at radius 2 is 1.87 bits per heavy atom. The van der Waals surface area contributed by atoms with E-state index in [1.807, 2.05) is 30.5 Å². The van der Waals surface area contributed by atoms with E-state index >= 15 is 0 Å². The van der Waals surface area contributed by atoms with E-state index in [0.29, 0.717) is 0 Å². The summed E-state index contributed by atoms with van der Waals surface area (Å²) in [5.41, 5.74) is 2.38. The topological polar surface area (TPSA) is 28.6 Å². The predicted molar refractivity (Wildman–Crippen MR) is 94.5 cm³/mol. The molecule has 4 nitrogen and oxygen atoms in total. The van der Waals surface area contributed by atoms with Crippen LogP contribution in [0.1, 0.15) is 17.7 Å². The third-order valence-electron chi connectivity index (χ3n) is 3.73. The summed E-state index contributed by atoms with van der Waals surface area (Å²) in [4.78, 5) is 9.13. The molecule has 1 heterocycles. The van der Waals surface area contributed by atoms with Gasteiger partial charge in [-0.2, -0.15) is 0 Å². The number of pyridine rings is 1. The van der Waals surface area contributed by atoms with Crippen molar-refractivity contribution in [3.8, 4) is 5.75 Å². The Kier molecular flexibility index (Phi) is 7.04. The van der Waals surface area contributed by atoms with Crippen LogP contribution in [0.25, 0.3) is 0 Å². The van der Waals surface area contributed by atoms with Gasteiger partial charge in [0.25, 0.3) is 0 Å². The SMILES string of the molecule is COc1cccc(CN(CCCN(C)C)Cc2ccccn2)c1. The van der Waals surface area contributed by atoms with Crippen LogP contribution >= 0.6 is 0 Å². The van der Waals surface area contributed by atoms with E-state index in [1.54, 1.807) is 7.11 Å². The molecular weight excluding hydrogens is 286 g/mol. The van der Waals surface area contributed by atoms with Gasteiger partial charge in [0.1, 0.15) is 5.75 Å². The van der Waals surface area contributed by atoms with Crippen LogP contribution in [0.3, 0.4) is 0 Å². The van der Waals surface area contributed by atoms with Crippen molar-refractivity contribution >= 4 is 0 Å². The molecule has 0 radical (unpaired) electrons. The summed E-state index contributed by atoms with van der Waals surface area (Å²) in [6.07, 6.45) is 3.00. The first kappa shape index (κ1) is 17.4. The Labute approximate surface area is 139 Å². The van der Waals surface area contributed by atoms with E-state index in [1.165, 1.54) is 5.56 Å². The zero-order chi connectivity index (χ0) is 16.5. The quantitative estimate of drug-likeness (QED) is 0.711. The Morgan fingerprint density at radius 1 is 1.00 bits per heavy atom. The molecule has 0 amide bonds. The molecule has 23 heavy (non-hydrogen) atoms. The molecule has 0 saturated heterocycles. The lowest BCUT2D eigenvalue weighted by Crippen LogP contribution is -2.27. The number of ether oxygens (including phenoxy) is 1. The van der Waals surface area contributed by atoms with Gasteiger partial charge in [0.2, 0.25) is 0 Å². The van der Waals surface area contributed by atoms with E-state index in [0.717, 1.165) is 44.0 Å². The van der Waals surface area contributed by atoms with Gasteiger partial charge in [-0.3, -0.25) is 9.88 Å². The van der Waals surface area contributed by atoms with Gasteiger partial charge in [-0.15, -0.1) is 0 Å². The summed E-state index contributed by atoms with van der Waals surface area (Å²) < 4.78 is 5.33. The zero-order valence-electron chi connectivity index (χ0n) is 14.4. The molecule has 124 valence electrons. The maximum atomic E-state index is 5.33. The van der Waals surface area contributed by atoms with Crippen LogP contribution in [0.5, 0.6) is 5.75 Å². The molecule has 2 rings (SSSR count). The van der Waals surface area contributed by atoms with Gasteiger partial charge in [0.05, 0.1) is 12.8 Å². The van der Waals surface area contributed by atoms with Crippen molar-refractivity contribution in [1.82, 2.24) is 14.8 Å². The molecule has 1 aromatic carbocycles. The van der Waals surface area contributed by atoms with Gasteiger partial charge in [-0.05, 0) is 56.9 Å². The smallest absolute Gasteiger partial charge is 0.119 e. The number of benzene rings is 1. The number of aromatic nitrogens is 1. The Balaban J connectivity index is 2.02. The molecule has 0 atom stereocenters. The van der Waals surface area contributed by atoms with E-state index in [4.69, 9.17) is 4.74 Å². The molecular formula is C19H27N3O. The molecule has 0 saturated carbocycles. The van der Waals surface area contributed by atoms with E-state index in [-0.39, 0.29) is 0 Å². The highest BCUT2D eigenvalue weighted by Crippen LogP contribution is 2.15. The Hall–Kier alpha value is -1.91. The fraction of sp³-hybridized carbons (Fsp3) is 0.421. The Morgan fingerprint density at radius 3 is 2.57 bits per heavy atom. The van der Waals surface area contributed by atoms with Gasteiger partial charge < -0.3 is 9.64 Å². The second-order valence-corrected chi connectivity index (χ2v) is 6.04. The van der Waals surface area contributed by atoms with Crippen molar-refractivity contribution in [2.75, 3.05) is 34.3 Å². The highest BCUT2D eigenvalue weighted by Gasteiger charge is 2.09. The molecule has 0 aliphatic rings. The second kappa shape index (κ2) is 9.28. The minimum absolute atomic E-state index is 0.867. The lowest BCUT2D eigenvalue weighted by molar-refractivity contribution is 0.237. The van der Waals surface area contributed by atoms with Crippen LogP contribution in [-0.4, -0.2) is 49.1 Å². The van der Waals surface area contributed by atoms with E-state index in [2.05, 4.69) is 47.1 Å².